The average molecular weight is 512 g/mol. The molecule has 1 saturated carbocycles. The summed E-state index contributed by atoms with van der Waals surface area (Å²) in [6.07, 6.45) is 10.1. The topological polar surface area (TPSA) is 85.1 Å². The van der Waals surface area contributed by atoms with Crippen LogP contribution in [0.4, 0.5) is 11.4 Å². The molecule has 3 atom stereocenters. The van der Waals surface area contributed by atoms with Crippen molar-refractivity contribution >= 4 is 11.4 Å². The summed E-state index contributed by atoms with van der Waals surface area (Å²) in [5.41, 5.74) is 7.80. The summed E-state index contributed by atoms with van der Waals surface area (Å²) in [4.78, 5) is 29.9. The Balaban J connectivity index is 1.50. The molecule has 1 saturated heterocycles. The van der Waals surface area contributed by atoms with E-state index in [1.807, 2.05) is 30.1 Å². The summed E-state index contributed by atoms with van der Waals surface area (Å²) in [6, 6.07) is 10.4. The minimum Gasteiger partial charge on any atom is -0.385 e. The van der Waals surface area contributed by atoms with Gasteiger partial charge >= 0.3 is 0 Å². The third-order valence-corrected chi connectivity index (χ3v) is 8.48. The summed E-state index contributed by atoms with van der Waals surface area (Å²) in [6.45, 7) is 3.26. The number of rotatable bonds is 13. The largest absolute Gasteiger partial charge is 0.385 e. The van der Waals surface area contributed by atoms with Crippen molar-refractivity contribution in [1.29, 1.82) is 0 Å². The van der Waals surface area contributed by atoms with Crippen molar-refractivity contribution < 1.29 is 9.47 Å². The number of methoxy groups -OCH3 is 1. The van der Waals surface area contributed by atoms with Gasteiger partial charge in [-0.2, -0.15) is 0 Å². The van der Waals surface area contributed by atoms with E-state index >= 15 is 0 Å². The number of nitrogens with two attached hydrogens (primary N) is 1. The van der Waals surface area contributed by atoms with E-state index in [2.05, 4.69) is 17.0 Å². The van der Waals surface area contributed by atoms with Crippen molar-refractivity contribution in [2.24, 2.45) is 17.6 Å². The van der Waals surface area contributed by atoms with Crippen LogP contribution in [-0.4, -0.2) is 53.0 Å². The van der Waals surface area contributed by atoms with Crippen molar-refractivity contribution in [3.8, 4) is 0 Å². The minimum absolute atomic E-state index is 0.0587. The van der Waals surface area contributed by atoms with Crippen LogP contribution in [0.2, 0.25) is 0 Å². The summed E-state index contributed by atoms with van der Waals surface area (Å²) >= 11 is 0. The van der Waals surface area contributed by atoms with Crippen molar-refractivity contribution in [1.82, 2.24) is 0 Å². The second-order valence-corrected chi connectivity index (χ2v) is 11.0. The Morgan fingerprint density at radius 1 is 1.03 bits per heavy atom. The highest BCUT2D eigenvalue weighted by atomic mass is 16.5. The molecule has 2 aromatic carbocycles. The summed E-state index contributed by atoms with van der Waals surface area (Å²) in [5.74, 6) is 0.884. The SMILES string of the molecule is COCCCOC(c1ccccc1)C1CCCN(c2c(N(C)[C@H](CN)CC3CCCCC3)c(=O)c2=O)C1. The third kappa shape index (κ3) is 6.62. The van der Waals surface area contributed by atoms with Gasteiger partial charge in [-0.05, 0) is 37.2 Å². The van der Waals surface area contributed by atoms with E-state index in [-0.39, 0.29) is 28.9 Å². The van der Waals surface area contributed by atoms with Crippen molar-refractivity contribution in [3.63, 3.8) is 0 Å². The van der Waals surface area contributed by atoms with Gasteiger partial charge in [-0.3, -0.25) is 9.59 Å². The fourth-order valence-electron chi connectivity index (χ4n) is 6.41. The minimum atomic E-state index is -0.364. The predicted octanol–water partition coefficient (Wildman–Crippen LogP) is 4.03. The maximum Gasteiger partial charge on any atom is 0.253 e. The van der Waals surface area contributed by atoms with Crippen LogP contribution >= 0.6 is 0 Å². The van der Waals surface area contributed by atoms with E-state index < -0.39 is 0 Å². The lowest BCUT2D eigenvalue weighted by Crippen LogP contribution is -2.52. The van der Waals surface area contributed by atoms with Gasteiger partial charge in [0.15, 0.2) is 0 Å². The second kappa shape index (κ2) is 13.5. The molecule has 0 bridgehead atoms. The zero-order chi connectivity index (χ0) is 26.2. The van der Waals surface area contributed by atoms with Gasteiger partial charge in [0.1, 0.15) is 11.4 Å². The fourth-order valence-corrected chi connectivity index (χ4v) is 6.41. The van der Waals surface area contributed by atoms with Crippen molar-refractivity contribution in [3.05, 3.63) is 56.3 Å². The number of nitrogens with zero attached hydrogens (tertiary/aromatic N) is 2. The molecule has 2 fully saturated rings. The molecule has 7 nitrogen and oxygen atoms in total. The number of hydrogen-bond acceptors (Lipinski definition) is 7. The lowest BCUT2D eigenvalue weighted by molar-refractivity contribution is -0.00236. The molecule has 1 aliphatic heterocycles. The Morgan fingerprint density at radius 3 is 2.49 bits per heavy atom. The molecule has 2 N–H and O–H groups in total. The molecule has 37 heavy (non-hydrogen) atoms. The zero-order valence-electron chi connectivity index (χ0n) is 22.7. The fraction of sp³-hybridized carbons (Fsp3) is 0.667. The van der Waals surface area contributed by atoms with E-state index in [0.29, 0.717) is 43.6 Å². The molecule has 0 radical (unpaired) electrons. The van der Waals surface area contributed by atoms with E-state index in [1.54, 1.807) is 7.11 Å². The molecule has 1 aliphatic carbocycles. The average Bonchev–Trinajstić information content (AvgIpc) is 2.94. The first kappa shape index (κ1) is 27.8. The van der Waals surface area contributed by atoms with E-state index in [9.17, 15) is 9.59 Å². The first-order valence-electron chi connectivity index (χ1n) is 14.2. The van der Waals surface area contributed by atoms with E-state index in [1.165, 1.54) is 32.1 Å². The highest BCUT2D eigenvalue weighted by Crippen LogP contribution is 2.37. The van der Waals surface area contributed by atoms with Crippen LogP contribution in [0.15, 0.2) is 39.9 Å². The maximum absolute atomic E-state index is 12.9. The highest BCUT2D eigenvalue weighted by Gasteiger charge is 2.36. The highest BCUT2D eigenvalue weighted by molar-refractivity contribution is 5.76. The molecule has 2 unspecified atom stereocenters. The summed E-state index contributed by atoms with van der Waals surface area (Å²) < 4.78 is 11.6. The lowest BCUT2D eigenvalue weighted by Gasteiger charge is -2.41. The van der Waals surface area contributed by atoms with Gasteiger partial charge in [0.05, 0.1) is 6.10 Å². The van der Waals surface area contributed by atoms with Crippen molar-refractivity contribution in [2.45, 2.75) is 69.9 Å². The van der Waals surface area contributed by atoms with Gasteiger partial charge in [0.2, 0.25) is 0 Å². The van der Waals surface area contributed by atoms with E-state index in [0.717, 1.165) is 37.8 Å². The quantitative estimate of drug-likeness (QED) is 0.321. The van der Waals surface area contributed by atoms with Crippen LogP contribution in [0, 0.1) is 11.8 Å². The van der Waals surface area contributed by atoms with Gasteiger partial charge in [0, 0.05) is 59.0 Å². The van der Waals surface area contributed by atoms with Crippen LogP contribution in [0.5, 0.6) is 0 Å². The normalized spacial score (nSPS) is 20.7. The maximum atomic E-state index is 12.9. The van der Waals surface area contributed by atoms with Crippen LogP contribution in [0.25, 0.3) is 0 Å². The molecule has 0 amide bonds. The van der Waals surface area contributed by atoms with Gasteiger partial charge in [-0.15, -0.1) is 0 Å². The van der Waals surface area contributed by atoms with Crippen LogP contribution in [-0.2, 0) is 9.47 Å². The molecular weight excluding hydrogens is 466 g/mol. The molecule has 2 aliphatic rings. The van der Waals surface area contributed by atoms with E-state index in [4.69, 9.17) is 15.2 Å². The molecule has 1 heterocycles. The number of piperidine rings is 1. The standard InChI is InChI=1S/C30H45N3O4/c1-32(25(20-31)19-22-11-5-3-6-12-22)26-27(29(35)28(26)34)33-16-9-15-24(21-33)30(37-18-10-17-36-2)23-13-7-4-8-14-23/h4,7-8,13-14,22,24-25,30H,3,5-6,9-12,15-21,31H2,1-2H3/t24?,25-,30?/m0/s1. The predicted molar refractivity (Wildman–Crippen MR) is 150 cm³/mol. The van der Waals surface area contributed by atoms with Crippen LogP contribution in [0.1, 0.15) is 69.5 Å². The Hall–Kier alpha value is -2.22. The molecule has 7 heteroatoms. The first-order chi connectivity index (χ1) is 18.0. The van der Waals surface area contributed by atoms with Gasteiger partial charge < -0.3 is 25.0 Å². The zero-order valence-corrected chi connectivity index (χ0v) is 22.7. The Bertz CT molecular complexity index is 1030. The number of ether oxygens (including phenoxy) is 2. The molecule has 2 aromatic rings. The van der Waals surface area contributed by atoms with Gasteiger partial charge in [-0.25, -0.2) is 0 Å². The third-order valence-electron chi connectivity index (χ3n) is 8.48. The number of anilines is 2. The van der Waals surface area contributed by atoms with Gasteiger partial charge in [-0.1, -0.05) is 62.4 Å². The monoisotopic (exact) mass is 511 g/mol. The molecule has 4 rings (SSSR count). The summed E-state index contributed by atoms with van der Waals surface area (Å²) in [5, 5.41) is 0. The smallest absolute Gasteiger partial charge is 0.253 e. The van der Waals surface area contributed by atoms with Gasteiger partial charge in [0.25, 0.3) is 10.9 Å². The second-order valence-electron chi connectivity index (χ2n) is 11.0. The molecule has 0 spiro atoms. The molecular formula is C30H45N3O4. The summed E-state index contributed by atoms with van der Waals surface area (Å²) in [7, 11) is 3.66. The number of likely N-dealkylation sites (N-methyl/N-ethyl adjacent to an activating group) is 1. The number of benzene rings is 1. The first-order valence-corrected chi connectivity index (χ1v) is 14.2. The number of hydrogen-bond donors (Lipinski definition) is 1. The Labute approximate surface area is 221 Å². The van der Waals surface area contributed by atoms with Crippen LogP contribution < -0.4 is 26.4 Å². The Kier molecular flexibility index (Phi) is 10.2. The van der Waals surface area contributed by atoms with Crippen LogP contribution in [0.3, 0.4) is 0 Å². The lowest BCUT2D eigenvalue weighted by atomic mass is 9.84. The molecule has 204 valence electrons. The Morgan fingerprint density at radius 2 is 1.78 bits per heavy atom. The van der Waals surface area contributed by atoms with Crippen molar-refractivity contribution in [2.75, 3.05) is 56.8 Å². The molecule has 0 aromatic heterocycles.